The lowest BCUT2D eigenvalue weighted by Gasteiger charge is -2.19. The molecular weight excluding hydrogens is 495 g/mol. The average molecular weight is 511 g/mol. The predicted octanol–water partition coefficient (Wildman–Crippen LogP) is -2.17. The fourth-order valence-corrected chi connectivity index (χ4v) is 5.37. The normalized spacial score (nSPS) is 28.1. The van der Waals surface area contributed by atoms with Gasteiger partial charge in [0, 0.05) is 6.20 Å². The van der Waals surface area contributed by atoms with E-state index in [2.05, 4.69) is 24.9 Å². The quantitative estimate of drug-likeness (QED) is 0.137. The van der Waals surface area contributed by atoms with Gasteiger partial charge in [0.2, 0.25) is 0 Å². The number of aromatic nitrogens is 2. The van der Waals surface area contributed by atoms with Crippen molar-refractivity contribution < 1.29 is 61.4 Å². The van der Waals surface area contributed by atoms with Gasteiger partial charge in [-0.25, -0.2) is 18.5 Å². The molecule has 0 radical (unpaired) electrons. The first-order valence-corrected chi connectivity index (χ1v) is 12.2. The number of aliphatic imine (C=N–C) groups is 1. The van der Waals surface area contributed by atoms with Crippen molar-refractivity contribution in [3.05, 3.63) is 27.0 Å². The van der Waals surface area contributed by atoms with Gasteiger partial charge in [-0.3, -0.25) is 23.9 Å². The van der Waals surface area contributed by atoms with Gasteiger partial charge < -0.3 is 34.5 Å². The highest BCUT2D eigenvalue weighted by atomic mass is 31.3. The molecule has 6 atom stereocenters. The van der Waals surface area contributed by atoms with E-state index in [1.807, 2.05) is 4.98 Å². The van der Waals surface area contributed by atoms with Crippen molar-refractivity contribution in [3.8, 4) is 0 Å². The summed E-state index contributed by atoms with van der Waals surface area (Å²) in [4.78, 5) is 64.1. The Morgan fingerprint density at radius 2 is 1.71 bits per heavy atom. The van der Waals surface area contributed by atoms with Gasteiger partial charge >= 0.3 is 29.2 Å². The van der Waals surface area contributed by atoms with Crippen LogP contribution in [0.5, 0.6) is 0 Å². The number of aliphatic hydroxyl groups excluding tert-OH is 2. The number of H-pyrrole nitrogens is 1. The number of aromatic amines is 1. The topological polar surface area (TPSA) is 277 Å². The van der Waals surface area contributed by atoms with Gasteiger partial charge in [0.05, 0.1) is 6.61 Å². The molecule has 0 aliphatic carbocycles. The third-order valence-electron chi connectivity index (χ3n) is 3.55. The minimum atomic E-state index is -5.75. The summed E-state index contributed by atoms with van der Waals surface area (Å²) in [5, 5.41) is 20.1. The molecule has 0 spiro atoms. The maximum absolute atomic E-state index is 11.9. The van der Waals surface area contributed by atoms with E-state index in [9.17, 15) is 38.4 Å². The van der Waals surface area contributed by atoms with Crippen molar-refractivity contribution in [3.63, 3.8) is 0 Å². The van der Waals surface area contributed by atoms with Gasteiger partial charge in [0.25, 0.3) is 5.56 Å². The van der Waals surface area contributed by atoms with E-state index in [0.717, 1.165) is 6.20 Å². The van der Waals surface area contributed by atoms with Crippen molar-refractivity contribution in [1.82, 2.24) is 9.55 Å². The molecule has 2 rings (SSSR count). The first-order chi connectivity index (χ1) is 14.1. The van der Waals surface area contributed by atoms with Crippen molar-refractivity contribution >= 4 is 35.9 Å². The minimum absolute atomic E-state index is 0.332. The summed E-state index contributed by atoms with van der Waals surface area (Å²) in [6, 6.07) is 0. The maximum Gasteiger partial charge on any atom is 0.490 e. The second kappa shape index (κ2) is 9.25. The lowest BCUT2D eigenvalue weighted by atomic mass is 10.1. The van der Waals surface area contributed by atoms with Crippen LogP contribution in [0, 0.1) is 0 Å². The van der Waals surface area contributed by atoms with E-state index in [4.69, 9.17) is 19.4 Å². The zero-order valence-electron chi connectivity index (χ0n) is 14.9. The molecule has 31 heavy (non-hydrogen) atoms. The number of phosphoric ester groups is 1. The molecule has 1 saturated heterocycles. The third kappa shape index (κ3) is 6.81. The Labute approximate surface area is 170 Å². The molecule has 4 unspecified atom stereocenters. The number of nitrogens with one attached hydrogen (secondary N) is 1. The number of phosphoric acid groups is 3. The third-order valence-corrected chi connectivity index (χ3v) is 7.35. The van der Waals surface area contributed by atoms with Crippen molar-refractivity contribution in [2.45, 2.75) is 24.5 Å². The SMILES string of the molecule is C=Nc1cn([C@H]2O[C@@H](COP(=O)(O)OP(=O)(O)OP(=O)(O)O)C(O)C2O)c(=O)[nH]c1=O. The molecule has 0 aromatic carbocycles. The summed E-state index contributed by atoms with van der Waals surface area (Å²) in [7, 11) is -16.8. The fourth-order valence-electron chi connectivity index (χ4n) is 2.34. The van der Waals surface area contributed by atoms with E-state index in [-0.39, 0.29) is 5.69 Å². The van der Waals surface area contributed by atoms with Crippen LogP contribution in [0.1, 0.15) is 6.23 Å². The van der Waals surface area contributed by atoms with Crippen molar-refractivity contribution in [1.29, 1.82) is 0 Å². The summed E-state index contributed by atoms with van der Waals surface area (Å²) in [5.74, 6) is 0. The summed E-state index contributed by atoms with van der Waals surface area (Å²) in [6.45, 7) is 2.03. The average Bonchev–Trinajstić information content (AvgIpc) is 2.85. The standard InChI is InChI=1S/C10H16N3O15P3/c1-11-4-2-13(10(17)12-8(4)16)9-7(15)6(14)5(26-9)3-25-30(21,22)28-31(23,24)27-29(18,19)20/h2,5-7,9,14-15H,1,3H2,(H,21,22)(H,23,24)(H,12,16,17)(H2,18,19,20)/t5-,6?,7?,9-/m0/s1. The molecule has 1 aliphatic rings. The molecule has 0 bridgehead atoms. The van der Waals surface area contributed by atoms with Crippen LogP contribution in [0.4, 0.5) is 5.69 Å². The molecule has 176 valence electrons. The summed E-state index contributed by atoms with van der Waals surface area (Å²) in [6.07, 6.45) is -6.05. The molecule has 7 N–H and O–H groups in total. The zero-order valence-corrected chi connectivity index (χ0v) is 17.6. The van der Waals surface area contributed by atoms with E-state index in [0.29, 0.717) is 4.57 Å². The Kier molecular flexibility index (Phi) is 7.73. The molecule has 1 aromatic rings. The van der Waals surface area contributed by atoms with E-state index >= 15 is 0 Å². The Morgan fingerprint density at radius 3 is 2.26 bits per heavy atom. The molecule has 2 heterocycles. The Balaban J connectivity index is 2.13. The van der Waals surface area contributed by atoms with Gasteiger partial charge in [0.15, 0.2) is 6.23 Å². The molecule has 1 fully saturated rings. The van der Waals surface area contributed by atoms with Crippen LogP contribution in [-0.4, -0.2) is 71.0 Å². The molecule has 1 aromatic heterocycles. The van der Waals surface area contributed by atoms with Crippen LogP contribution >= 0.6 is 23.5 Å². The largest absolute Gasteiger partial charge is 0.490 e. The first kappa shape index (κ1) is 25.9. The van der Waals surface area contributed by atoms with Gasteiger partial charge in [-0.15, -0.1) is 0 Å². The molecule has 18 nitrogen and oxygen atoms in total. The van der Waals surface area contributed by atoms with Gasteiger partial charge in [-0.2, -0.15) is 8.62 Å². The van der Waals surface area contributed by atoms with Crippen molar-refractivity contribution in [2.24, 2.45) is 4.99 Å². The number of hydrogen-bond acceptors (Lipinski definition) is 12. The summed E-state index contributed by atoms with van der Waals surface area (Å²) >= 11 is 0. The zero-order chi connectivity index (χ0) is 23.8. The second-order valence-corrected chi connectivity index (χ2v) is 10.2. The highest BCUT2D eigenvalue weighted by molar-refractivity contribution is 7.66. The van der Waals surface area contributed by atoms with E-state index in [1.54, 1.807) is 0 Å². The van der Waals surface area contributed by atoms with Crippen LogP contribution in [0.25, 0.3) is 0 Å². The lowest BCUT2D eigenvalue weighted by Crippen LogP contribution is -2.37. The molecule has 21 heteroatoms. The number of nitrogens with zero attached hydrogens (tertiary/aromatic N) is 2. The van der Waals surface area contributed by atoms with Crippen LogP contribution in [-0.2, 0) is 31.6 Å². The Bertz CT molecular complexity index is 1090. The summed E-state index contributed by atoms with van der Waals surface area (Å²) in [5.41, 5.74) is -2.29. The molecular formula is C10H16N3O15P3. The minimum Gasteiger partial charge on any atom is -0.387 e. The summed E-state index contributed by atoms with van der Waals surface area (Å²) < 4.78 is 50.7. The fraction of sp³-hybridized carbons (Fsp3) is 0.500. The molecule has 1 aliphatic heterocycles. The smallest absolute Gasteiger partial charge is 0.387 e. The first-order valence-electron chi connectivity index (χ1n) is 7.67. The Hall–Kier alpha value is -1.36. The van der Waals surface area contributed by atoms with Crippen LogP contribution in [0.15, 0.2) is 20.8 Å². The molecule has 0 saturated carbocycles. The number of rotatable bonds is 9. The van der Waals surface area contributed by atoms with Crippen LogP contribution in [0.3, 0.4) is 0 Å². The molecule has 0 amide bonds. The highest BCUT2D eigenvalue weighted by Crippen LogP contribution is 2.66. The Morgan fingerprint density at radius 1 is 1.10 bits per heavy atom. The van der Waals surface area contributed by atoms with Gasteiger partial charge in [0.1, 0.15) is 24.0 Å². The van der Waals surface area contributed by atoms with Crippen LogP contribution < -0.4 is 11.2 Å². The number of hydrogen-bond donors (Lipinski definition) is 7. The monoisotopic (exact) mass is 511 g/mol. The maximum atomic E-state index is 11.9. The van der Waals surface area contributed by atoms with Gasteiger partial charge in [-0.05, 0) is 6.72 Å². The lowest BCUT2D eigenvalue weighted by molar-refractivity contribution is -0.0541. The van der Waals surface area contributed by atoms with E-state index < -0.39 is 65.9 Å². The highest BCUT2D eigenvalue weighted by Gasteiger charge is 2.46. The number of aliphatic hydroxyl groups is 2. The predicted molar refractivity (Wildman–Crippen MR) is 96.3 cm³/mol. The van der Waals surface area contributed by atoms with Gasteiger partial charge in [-0.1, -0.05) is 0 Å². The number of ether oxygens (including phenoxy) is 1. The van der Waals surface area contributed by atoms with E-state index in [1.165, 1.54) is 0 Å². The van der Waals surface area contributed by atoms with Crippen molar-refractivity contribution in [2.75, 3.05) is 6.61 Å². The second-order valence-electron chi connectivity index (χ2n) is 5.77. The van der Waals surface area contributed by atoms with Crippen LogP contribution in [0.2, 0.25) is 0 Å².